The second kappa shape index (κ2) is 10.8. The third-order valence-electron chi connectivity index (χ3n) is 3.97. The number of nitrogens with two attached hydrogens (primary N) is 1. The quantitative estimate of drug-likeness (QED) is 0.791. The molecule has 0 saturated heterocycles. The summed E-state index contributed by atoms with van der Waals surface area (Å²) in [6.07, 6.45) is 5.53. The van der Waals surface area contributed by atoms with Gasteiger partial charge < -0.3 is 11.1 Å². The smallest absolute Gasteiger partial charge is 0.238 e. The summed E-state index contributed by atoms with van der Waals surface area (Å²) >= 11 is 0. The van der Waals surface area contributed by atoms with E-state index in [4.69, 9.17) is 5.73 Å². The van der Waals surface area contributed by atoms with Gasteiger partial charge in [-0.05, 0) is 28.8 Å². The average molecular weight is 314 g/mol. The molecule has 3 heteroatoms. The standard InChI is InChI=1S/C12H12N2O.C8H18/c13-8-12(15)14-11-6-5-9-3-1-2-4-10(9)7-11;1-4-6-7-8(3)5-2/h1-7H,8,13H2,(H,14,15);8H,4-7H2,1-3H3. The van der Waals surface area contributed by atoms with Crippen molar-refractivity contribution < 1.29 is 4.79 Å². The van der Waals surface area contributed by atoms with E-state index in [0.29, 0.717) is 0 Å². The minimum Gasteiger partial charge on any atom is -0.325 e. The third-order valence-corrected chi connectivity index (χ3v) is 3.97. The van der Waals surface area contributed by atoms with Crippen molar-refractivity contribution in [3.8, 4) is 0 Å². The Balaban J connectivity index is 0.000000284. The van der Waals surface area contributed by atoms with Gasteiger partial charge in [0.2, 0.25) is 5.91 Å². The van der Waals surface area contributed by atoms with Crippen molar-refractivity contribution in [2.24, 2.45) is 11.7 Å². The zero-order valence-electron chi connectivity index (χ0n) is 14.6. The maximum absolute atomic E-state index is 11.1. The van der Waals surface area contributed by atoms with Crippen molar-refractivity contribution >= 4 is 22.4 Å². The van der Waals surface area contributed by atoms with E-state index in [0.717, 1.165) is 22.4 Å². The monoisotopic (exact) mass is 314 g/mol. The molecule has 0 heterocycles. The molecular formula is C20H30N2O. The average Bonchev–Trinajstić information content (AvgIpc) is 2.59. The Bertz CT molecular complexity index is 595. The first kappa shape index (κ1) is 19.2. The maximum atomic E-state index is 11.1. The number of amides is 1. The molecule has 0 aliphatic rings. The molecule has 0 radical (unpaired) electrons. The molecule has 0 bridgehead atoms. The van der Waals surface area contributed by atoms with Crippen LogP contribution < -0.4 is 11.1 Å². The second-order valence-corrected chi connectivity index (χ2v) is 5.97. The summed E-state index contributed by atoms with van der Waals surface area (Å²) in [4.78, 5) is 11.1. The number of nitrogens with one attached hydrogen (secondary N) is 1. The topological polar surface area (TPSA) is 55.1 Å². The Kier molecular flexibility index (Phi) is 9.00. The highest BCUT2D eigenvalue weighted by Gasteiger charge is 1.99. The molecule has 126 valence electrons. The minimum atomic E-state index is -0.176. The molecule has 2 aromatic rings. The van der Waals surface area contributed by atoms with Crippen LogP contribution in [0.15, 0.2) is 42.5 Å². The van der Waals surface area contributed by atoms with Crippen LogP contribution >= 0.6 is 0 Å². The van der Waals surface area contributed by atoms with Crippen LogP contribution in [0.25, 0.3) is 10.8 Å². The highest BCUT2D eigenvalue weighted by atomic mass is 16.1. The number of anilines is 1. The fourth-order valence-electron chi connectivity index (χ4n) is 2.24. The van der Waals surface area contributed by atoms with E-state index in [1.54, 1.807) is 0 Å². The highest BCUT2D eigenvalue weighted by molar-refractivity contribution is 5.95. The van der Waals surface area contributed by atoms with Gasteiger partial charge in [0, 0.05) is 5.69 Å². The fourth-order valence-corrected chi connectivity index (χ4v) is 2.24. The minimum absolute atomic E-state index is 0.00677. The van der Waals surface area contributed by atoms with Gasteiger partial charge in [-0.3, -0.25) is 4.79 Å². The van der Waals surface area contributed by atoms with Crippen molar-refractivity contribution in [2.75, 3.05) is 11.9 Å². The number of carbonyl (C=O) groups excluding carboxylic acids is 1. The van der Waals surface area contributed by atoms with Crippen LogP contribution in [0.1, 0.15) is 46.5 Å². The third kappa shape index (κ3) is 7.29. The second-order valence-electron chi connectivity index (χ2n) is 5.97. The molecule has 1 amide bonds. The van der Waals surface area contributed by atoms with Crippen LogP contribution in [0.2, 0.25) is 0 Å². The molecule has 0 aliphatic heterocycles. The Labute approximate surface area is 140 Å². The Hall–Kier alpha value is -1.87. The molecule has 1 unspecified atom stereocenters. The molecule has 0 saturated carbocycles. The van der Waals surface area contributed by atoms with Gasteiger partial charge in [0.25, 0.3) is 0 Å². The fraction of sp³-hybridized carbons (Fsp3) is 0.450. The lowest BCUT2D eigenvalue weighted by Gasteiger charge is -2.04. The molecule has 1 atom stereocenters. The van der Waals surface area contributed by atoms with Gasteiger partial charge in [0.05, 0.1) is 6.54 Å². The van der Waals surface area contributed by atoms with E-state index < -0.39 is 0 Å². The van der Waals surface area contributed by atoms with Crippen LogP contribution in [-0.2, 0) is 4.79 Å². The lowest BCUT2D eigenvalue weighted by Crippen LogP contribution is -2.21. The number of rotatable bonds is 6. The van der Waals surface area contributed by atoms with Gasteiger partial charge in [0.15, 0.2) is 0 Å². The van der Waals surface area contributed by atoms with Gasteiger partial charge in [-0.2, -0.15) is 0 Å². The zero-order chi connectivity index (χ0) is 17.1. The van der Waals surface area contributed by atoms with E-state index in [1.807, 2.05) is 42.5 Å². The largest absolute Gasteiger partial charge is 0.325 e. The van der Waals surface area contributed by atoms with E-state index in [9.17, 15) is 4.79 Å². The van der Waals surface area contributed by atoms with Crippen molar-refractivity contribution in [1.82, 2.24) is 0 Å². The summed E-state index contributed by atoms with van der Waals surface area (Å²) in [6, 6.07) is 13.8. The number of carbonyl (C=O) groups is 1. The van der Waals surface area contributed by atoms with Gasteiger partial charge >= 0.3 is 0 Å². The van der Waals surface area contributed by atoms with Crippen molar-refractivity contribution in [3.05, 3.63) is 42.5 Å². The maximum Gasteiger partial charge on any atom is 0.238 e. The highest BCUT2D eigenvalue weighted by Crippen LogP contribution is 2.18. The molecule has 2 aromatic carbocycles. The summed E-state index contributed by atoms with van der Waals surface area (Å²) in [6.45, 7) is 6.85. The SMILES string of the molecule is CCCCC(C)CC.NCC(=O)Nc1ccc2ccccc2c1. The number of hydrogen-bond donors (Lipinski definition) is 2. The summed E-state index contributed by atoms with van der Waals surface area (Å²) in [7, 11) is 0. The summed E-state index contributed by atoms with van der Waals surface area (Å²) in [5, 5.41) is 4.98. The number of benzene rings is 2. The molecule has 3 nitrogen and oxygen atoms in total. The van der Waals surface area contributed by atoms with Crippen molar-refractivity contribution in [1.29, 1.82) is 0 Å². The molecule has 0 aliphatic carbocycles. The van der Waals surface area contributed by atoms with Crippen LogP contribution in [0.5, 0.6) is 0 Å². The molecule has 0 fully saturated rings. The van der Waals surface area contributed by atoms with Crippen LogP contribution in [0, 0.1) is 5.92 Å². The first-order chi connectivity index (χ1) is 11.1. The summed E-state index contributed by atoms with van der Waals surface area (Å²) < 4.78 is 0. The van der Waals surface area contributed by atoms with E-state index >= 15 is 0 Å². The molecule has 2 rings (SSSR count). The van der Waals surface area contributed by atoms with E-state index in [1.165, 1.54) is 25.7 Å². The molecule has 23 heavy (non-hydrogen) atoms. The van der Waals surface area contributed by atoms with E-state index in [-0.39, 0.29) is 12.5 Å². The van der Waals surface area contributed by atoms with Gasteiger partial charge in [-0.25, -0.2) is 0 Å². The Morgan fingerprint density at radius 2 is 1.83 bits per heavy atom. The van der Waals surface area contributed by atoms with Gasteiger partial charge in [-0.15, -0.1) is 0 Å². The zero-order valence-corrected chi connectivity index (χ0v) is 14.6. The van der Waals surface area contributed by atoms with Crippen LogP contribution in [0.4, 0.5) is 5.69 Å². The lowest BCUT2D eigenvalue weighted by atomic mass is 10.0. The lowest BCUT2D eigenvalue weighted by molar-refractivity contribution is -0.114. The van der Waals surface area contributed by atoms with E-state index in [2.05, 4.69) is 26.1 Å². The van der Waals surface area contributed by atoms with Crippen molar-refractivity contribution in [2.45, 2.75) is 46.5 Å². The number of hydrogen-bond acceptors (Lipinski definition) is 2. The summed E-state index contributed by atoms with van der Waals surface area (Å²) in [5.74, 6) is 0.778. The van der Waals surface area contributed by atoms with Gasteiger partial charge in [-0.1, -0.05) is 76.8 Å². The first-order valence-corrected chi connectivity index (χ1v) is 8.59. The number of fused-ring (bicyclic) bond motifs is 1. The first-order valence-electron chi connectivity index (χ1n) is 8.59. The van der Waals surface area contributed by atoms with Crippen LogP contribution in [0.3, 0.4) is 0 Å². The van der Waals surface area contributed by atoms with Gasteiger partial charge in [0.1, 0.15) is 0 Å². The van der Waals surface area contributed by atoms with Crippen LogP contribution in [-0.4, -0.2) is 12.5 Å². The molecule has 3 N–H and O–H groups in total. The Morgan fingerprint density at radius 3 is 2.43 bits per heavy atom. The normalized spacial score (nSPS) is 11.5. The predicted molar refractivity (Wildman–Crippen MR) is 101 cm³/mol. The number of unbranched alkanes of at least 4 members (excludes halogenated alkanes) is 1. The molecular weight excluding hydrogens is 284 g/mol. The Morgan fingerprint density at radius 1 is 1.13 bits per heavy atom. The molecule has 0 aromatic heterocycles. The predicted octanol–water partition coefficient (Wildman–Crippen LogP) is 4.96. The summed E-state index contributed by atoms with van der Waals surface area (Å²) in [5.41, 5.74) is 6.00. The van der Waals surface area contributed by atoms with Crippen molar-refractivity contribution in [3.63, 3.8) is 0 Å². The molecule has 0 spiro atoms.